The topological polar surface area (TPSA) is 815 Å². The number of nitrogens with one attached hydrogen (secondary N) is 3. The second kappa shape index (κ2) is 33.4. The zero-order valence-electron chi connectivity index (χ0n) is 49.7. The zero-order valence-corrected chi connectivity index (χ0v) is 54.6. The molecule has 0 radical (unpaired) electrons. The van der Waals surface area contributed by atoms with E-state index in [2.05, 4.69) is 12.5 Å². The molecule has 6 saturated heterocycles. The fraction of sp³-hybridized carbons (Fsp3) is 0.791. The van der Waals surface area contributed by atoms with E-state index in [4.69, 9.17) is 56.8 Å². The van der Waals surface area contributed by atoms with Crippen LogP contribution in [0.5, 0.6) is 0 Å². The standard InChI is InChI=1S/C43H65N3O49S6/c47-6-11-17(50)18(51)14(44-96(63,64)65)39(82-11)89-27-21(54)31(95-101(78,79)80)43(92-33(27)36(58)59)87-24-13(8-49)84-41(16(46-98(69,70)71)25(24)81-9-10-4-2-1-3-5-10)90-28-22(55)30(94-100(75,76)77)42(91-34(28)37(60)61)86-23-12(7-48)83-40(15(19(23)52)45-97(66,67)68)88-26-20(53)29(93-99(72,73)74)38(62)85-32(26)35(56)57/h1-5,11-34,38-55,62H,6-9H2,(H,56,57)(H,58,59)(H,60,61)(H,63,64,65)(H,66,67,68)(H,69,70,71)(H,72,73,74)(H,75,76,77)(H,78,79,80)/t11-,12-,13-,14-,15-,16-,17-,18-,19-,20+,21+,22+,23-,24-,25-,26+,27+,28+,29-,30-,31-,32-,33-,34-,38-,39-,40-,41-,42-,43-/m1/s1. The van der Waals surface area contributed by atoms with E-state index in [-0.39, 0.29) is 5.56 Å². The van der Waals surface area contributed by atoms with Gasteiger partial charge in [-0.25, -0.2) is 26.9 Å². The van der Waals surface area contributed by atoms with Gasteiger partial charge in [0.15, 0.2) is 74.4 Å². The first-order valence-electron chi connectivity index (χ1n) is 27.9. The van der Waals surface area contributed by atoms with Crippen molar-refractivity contribution in [1.29, 1.82) is 0 Å². The Morgan fingerprint density at radius 1 is 0.366 bits per heavy atom. The van der Waals surface area contributed by atoms with Crippen LogP contribution >= 0.6 is 0 Å². The Morgan fingerprint density at radius 3 is 1.10 bits per heavy atom. The number of aliphatic carboxylic acids is 3. The summed E-state index contributed by atoms with van der Waals surface area (Å²) in [5.74, 6) is -6.85. The van der Waals surface area contributed by atoms with Crippen molar-refractivity contribution in [2.24, 2.45) is 0 Å². The summed E-state index contributed by atoms with van der Waals surface area (Å²) in [6.07, 6.45) is -73.9. The first-order chi connectivity index (χ1) is 46.5. The number of ether oxygens (including phenoxy) is 12. The summed E-state index contributed by atoms with van der Waals surface area (Å²) in [6, 6.07) is -1.10. The quantitative estimate of drug-likeness (QED) is 0.0307. The first-order valence-corrected chi connectivity index (χ1v) is 36.3. The van der Waals surface area contributed by atoms with Crippen molar-refractivity contribution in [3.8, 4) is 0 Å². The number of hydrogen-bond donors (Lipinski definition) is 22. The highest BCUT2D eigenvalue weighted by Crippen LogP contribution is 2.40. The molecule has 30 atom stereocenters. The Kier molecular flexibility index (Phi) is 27.9. The van der Waals surface area contributed by atoms with Crippen LogP contribution < -0.4 is 14.2 Å². The predicted molar refractivity (Wildman–Crippen MR) is 298 cm³/mol. The van der Waals surface area contributed by atoms with Crippen molar-refractivity contribution in [2.45, 2.75) is 191 Å². The lowest BCUT2D eigenvalue weighted by atomic mass is 9.94. The molecule has 52 nitrogen and oxygen atoms in total. The number of benzene rings is 1. The summed E-state index contributed by atoms with van der Waals surface area (Å²) < 4.78 is 290. The maximum Gasteiger partial charge on any atom is 0.397 e. The smallest absolute Gasteiger partial charge is 0.397 e. The lowest BCUT2D eigenvalue weighted by Gasteiger charge is -2.51. The van der Waals surface area contributed by atoms with Crippen molar-refractivity contribution < 1.29 is 228 Å². The Balaban J connectivity index is 1.25. The van der Waals surface area contributed by atoms with E-state index in [1.807, 2.05) is 0 Å². The van der Waals surface area contributed by atoms with Crippen molar-refractivity contribution in [2.75, 3.05) is 19.8 Å². The van der Waals surface area contributed by atoms with Crippen LogP contribution in [0.3, 0.4) is 0 Å². The zero-order chi connectivity index (χ0) is 75.7. The molecule has 101 heavy (non-hydrogen) atoms. The van der Waals surface area contributed by atoms with Crippen molar-refractivity contribution in [1.82, 2.24) is 14.2 Å². The summed E-state index contributed by atoms with van der Waals surface area (Å²) in [5.41, 5.74) is 0.0857. The second-order valence-corrected chi connectivity index (χ2v) is 28.7. The number of carbonyl (C=O) groups is 3. The molecule has 0 aliphatic carbocycles. The van der Waals surface area contributed by atoms with Crippen LogP contribution in [0.1, 0.15) is 5.56 Å². The number of hydrogen-bond acceptors (Lipinski definition) is 40. The third kappa shape index (κ3) is 21.8. The van der Waals surface area contributed by atoms with Crippen LogP contribution in [-0.2, 0) is 152 Å². The van der Waals surface area contributed by atoms with Gasteiger partial charge in [0, 0.05) is 0 Å². The second-order valence-electron chi connectivity index (χ2n) is 22.0. The number of aliphatic hydroxyl groups is 10. The number of rotatable bonds is 31. The van der Waals surface area contributed by atoms with Crippen LogP contribution in [0.2, 0.25) is 0 Å². The SMILES string of the molecule is O=C(O)[C@@H]1O[C@@H](O)[C@H](OS(=O)(=O)O)[C@@H](O)[C@@H]1O[C@H]1O[C@H](CO)[C@@H](O[C@@H]2O[C@@H](C(=O)O)[C@@H](O[C@H]3O[C@H](CO)[C@@H](O[C@@H]4O[C@@H](C(=O)O)[C@@H](O[C@H]5O[C@H](CO)[C@@H](O)[C@H](O)[C@H]5NS(=O)(=O)O)[C@H](O)[C@H]4OS(=O)(=O)O)[C@H](OCc4ccccc4)[C@H]3NS(=O)(=O)O)[C@H](O)[C@H]2OS(=O)(=O)O)[C@H](O)[C@H]1NS(=O)(=O)O. The molecule has 6 aliphatic heterocycles. The van der Waals surface area contributed by atoms with Gasteiger partial charge in [-0.2, -0.15) is 64.7 Å². The average Bonchev–Trinajstić information content (AvgIpc) is 0.762. The first kappa shape index (κ1) is 84.2. The molecule has 22 N–H and O–H groups in total. The van der Waals surface area contributed by atoms with E-state index in [1.165, 1.54) is 44.5 Å². The Hall–Kier alpha value is -4.03. The Labute approximate surface area is 566 Å². The Bertz CT molecular complexity index is 3720. The van der Waals surface area contributed by atoms with Gasteiger partial charge in [0.25, 0.3) is 0 Å². The van der Waals surface area contributed by atoms with Gasteiger partial charge < -0.3 is 123 Å². The fourth-order valence-corrected chi connectivity index (χ4v) is 14.2. The third-order valence-electron chi connectivity index (χ3n) is 15.2. The van der Waals surface area contributed by atoms with Gasteiger partial charge in [0.1, 0.15) is 110 Å². The van der Waals surface area contributed by atoms with Crippen LogP contribution in [0.15, 0.2) is 30.3 Å². The molecule has 582 valence electrons. The number of aliphatic hydroxyl groups excluding tert-OH is 10. The van der Waals surface area contributed by atoms with Crippen molar-refractivity contribution in [3.05, 3.63) is 35.9 Å². The van der Waals surface area contributed by atoms with Gasteiger partial charge in [0.05, 0.1) is 26.4 Å². The molecule has 6 fully saturated rings. The summed E-state index contributed by atoms with van der Waals surface area (Å²) in [5, 5.41) is 140. The minimum absolute atomic E-state index is 0.0857. The molecule has 1 aromatic carbocycles. The van der Waals surface area contributed by atoms with Gasteiger partial charge in [-0.3, -0.25) is 27.3 Å². The van der Waals surface area contributed by atoms with Crippen LogP contribution in [0.25, 0.3) is 0 Å². The molecule has 7 rings (SSSR count). The monoisotopic (exact) mass is 1600 g/mol. The summed E-state index contributed by atoms with van der Waals surface area (Å²) in [4.78, 5) is 38.5. The molecule has 0 saturated carbocycles. The highest BCUT2D eigenvalue weighted by atomic mass is 32.3. The maximum absolute atomic E-state index is 13.3. The average molecular weight is 1600 g/mol. The van der Waals surface area contributed by atoms with E-state index in [9.17, 15) is 159 Å². The van der Waals surface area contributed by atoms with E-state index in [0.717, 1.165) is 0 Å². The molecule has 0 bridgehead atoms. The minimum Gasteiger partial charge on any atom is -0.479 e. The Morgan fingerprint density at radius 2 is 0.703 bits per heavy atom. The largest absolute Gasteiger partial charge is 0.479 e. The minimum atomic E-state index is -6.13. The van der Waals surface area contributed by atoms with Crippen LogP contribution in [0.4, 0.5) is 0 Å². The predicted octanol–water partition coefficient (Wildman–Crippen LogP) is -13.9. The van der Waals surface area contributed by atoms with E-state index in [0.29, 0.717) is 0 Å². The highest BCUT2D eigenvalue weighted by Gasteiger charge is 2.62. The maximum atomic E-state index is 13.3. The fourth-order valence-electron chi connectivity index (χ4n) is 11.0. The lowest BCUT2D eigenvalue weighted by molar-refractivity contribution is -0.377. The molecule has 0 spiro atoms. The summed E-state index contributed by atoms with van der Waals surface area (Å²) >= 11 is 0. The van der Waals surface area contributed by atoms with Crippen molar-refractivity contribution >= 4 is 80.0 Å². The number of carboxylic acid groups (broad SMARTS) is 3. The molecular weight excluding hydrogens is 1530 g/mol. The van der Waals surface area contributed by atoms with Gasteiger partial charge in [-0.15, -0.1) is 0 Å². The lowest BCUT2D eigenvalue weighted by Crippen LogP contribution is -2.71. The third-order valence-corrected chi connectivity index (χ3v) is 18.3. The summed E-state index contributed by atoms with van der Waals surface area (Å²) in [7, 11) is -35.0. The molecule has 6 aliphatic rings. The van der Waals surface area contributed by atoms with E-state index < -0.39 is 290 Å². The van der Waals surface area contributed by atoms with Gasteiger partial charge in [-0.1, -0.05) is 30.3 Å². The molecule has 0 unspecified atom stereocenters. The van der Waals surface area contributed by atoms with E-state index in [1.54, 1.807) is 0 Å². The molecule has 6 heterocycles. The molecule has 58 heteroatoms. The number of carboxylic acids is 3. The van der Waals surface area contributed by atoms with Crippen LogP contribution in [0, 0.1) is 0 Å². The van der Waals surface area contributed by atoms with Gasteiger partial charge in [0.2, 0.25) is 0 Å². The van der Waals surface area contributed by atoms with Gasteiger partial charge >= 0.3 is 80.0 Å². The normalized spacial score (nSPS) is 40.2. The van der Waals surface area contributed by atoms with E-state index >= 15 is 0 Å². The van der Waals surface area contributed by atoms with Crippen LogP contribution in [-0.4, -0.2) is 366 Å². The molecule has 0 amide bonds. The molecule has 0 aromatic heterocycles. The highest BCUT2D eigenvalue weighted by molar-refractivity contribution is 7.84. The molecule has 1 aromatic rings. The summed E-state index contributed by atoms with van der Waals surface area (Å²) in [6.45, 7) is -5.25. The molecular formula is C43H65N3O49S6. The van der Waals surface area contributed by atoms with Gasteiger partial charge in [-0.05, 0) is 5.56 Å². The van der Waals surface area contributed by atoms with Crippen molar-refractivity contribution in [3.63, 3.8) is 0 Å².